The van der Waals surface area contributed by atoms with Gasteiger partial charge < -0.3 is 13.6 Å². The molecule has 1 unspecified atom stereocenters. The molecule has 1 aliphatic carbocycles. The summed E-state index contributed by atoms with van der Waals surface area (Å²) >= 11 is 0. The van der Waals surface area contributed by atoms with Gasteiger partial charge >= 0.3 is 0 Å². The van der Waals surface area contributed by atoms with Gasteiger partial charge in [-0.2, -0.15) is 0 Å². The van der Waals surface area contributed by atoms with Crippen molar-refractivity contribution in [2.45, 2.75) is 12.3 Å². The van der Waals surface area contributed by atoms with Crippen molar-refractivity contribution in [1.29, 1.82) is 0 Å². The second kappa shape index (κ2) is 12.5. The zero-order chi connectivity index (χ0) is 37.5. The minimum Gasteiger partial charge on any atom is -0.454 e. The molecule has 4 heterocycles. The first-order chi connectivity index (χ1) is 28.3. The topological polar surface area (TPSA) is 61.7 Å². The van der Waals surface area contributed by atoms with Crippen LogP contribution in [0, 0.1) is 0 Å². The summed E-state index contributed by atoms with van der Waals surface area (Å²) in [7, 11) is 0. The number of furan rings is 1. The standard InChI is InChI=1S/C51H33N5O/c1-4-16-32(17-5-1)49-52-50(33-18-6-2-7-19-33)54-51(53-49)38-25-15-29-46-47(38)37-24-14-28-43(48(37)57-46)56-42-27-13-11-23-36(42)40-30-39-35-22-10-12-26-41(35)55(44(39)31-45(40)56)34-20-8-3-9-21-34/h1-18,20-31,33H,19H2. The Bertz CT molecular complexity index is 3440. The summed E-state index contributed by atoms with van der Waals surface area (Å²) in [6, 6.07) is 55.6. The van der Waals surface area contributed by atoms with Crippen LogP contribution in [0.25, 0.3) is 99.7 Å². The molecule has 4 aromatic heterocycles. The Morgan fingerprint density at radius 2 is 1.18 bits per heavy atom. The van der Waals surface area contributed by atoms with Gasteiger partial charge in [0.15, 0.2) is 17.2 Å². The molecule has 6 nitrogen and oxygen atoms in total. The van der Waals surface area contributed by atoms with Crippen LogP contribution in [0.5, 0.6) is 0 Å². The van der Waals surface area contributed by atoms with E-state index in [4.69, 9.17) is 19.4 Å². The maximum absolute atomic E-state index is 6.94. The van der Waals surface area contributed by atoms with Gasteiger partial charge in [-0.25, -0.2) is 15.0 Å². The van der Waals surface area contributed by atoms with E-state index in [1.807, 2.05) is 30.3 Å². The monoisotopic (exact) mass is 731 g/mol. The van der Waals surface area contributed by atoms with Crippen molar-refractivity contribution in [3.05, 3.63) is 188 Å². The van der Waals surface area contributed by atoms with E-state index < -0.39 is 0 Å². The summed E-state index contributed by atoms with van der Waals surface area (Å²) in [5.41, 5.74) is 10.1. The molecular weight excluding hydrogens is 699 g/mol. The predicted molar refractivity (Wildman–Crippen MR) is 232 cm³/mol. The summed E-state index contributed by atoms with van der Waals surface area (Å²) in [6.07, 6.45) is 9.34. The largest absolute Gasteiger partial charge is 0.454 e. The molecule has 12 rings (SSSR count). The number of allylic oxidation sites excluding steroid dienone is 4. The molecule has 0 radical (unpaired) electrons. The van der Waals surface area contributed by atoms with Crippen LogP contribution < -0.4 is 0 Å². The first kappa shape index (κ1) is 31.7. The van der Waals surface area contributed by atoms with Gasteiger partial charge in [-0.1, -0.05) is 133 Å². The van der Waals surface area contributed by atoms with Crippen LogP contribution in [0.4, 0.5) is 0 Å². The maximum Gasteiger partial charge on any atom is 0.164 e. The zero-order valence-electron chi connectivity index (χ0n) is 30.7. The number of para-hydroxylation sites is 4. The van der Waals surface area contributed by atoms with Crippen LogP contribution in [0.1, 0.15) is 18.2 Å². The van der Waals surface area contributed by atoms with Crippen molar-refractivity contribution >= 4 is 65.6 Å². The molecule has 57 heavy (non-hydrogen) atoms. The third-order valence-corrected chi connectivity index (χ3v) is 11.5. The van der Waals surface area contributed by atoms with Gasteiger partial charge in [0, 0.05) is 55.0 Å². The molecule has 1 atom stereocenters. The molecule has 0 saturated heterocycles. The van der Waals surface area contributed by atoms with E-state index in [1.165, 1.54) is 27.1 Å². The van der Waals surface area contributed by atoms with E-state index in [1.54, 1.807) is 0 Å². The Morgan fingerprint density at radius 1 is 0.509 bits per heavy atom. The second-order valence-corrected chi connectivity index (χ2v) is 14.7. The SMILES string of the molecule is C1=CCC(c2nc(-c3ccccc3)nc(-c3cccc4oc5c(-n6c7ccccc7c7cc8c9ccccc9n(-c9ccccc9)c8cc76)cccc5c34)n2)C=C1. The van der Waals surface area contributed by atoms with Gasteiger partial charge in [0.25, 0.3) is 0 Å². The van der Waals surface area contributed by atoms with Crippen molar-refractivity contribution in [1.82, 2.24) is 24.1 Å². The lowest BCUT2D eigenvalue weighted by Gasteiger charge is -2.14. The molecule has 0 bridgehead atoms. The van der Waals surface area contributed by atoms with Crippen LogP contribution in [0.3, 0.4) is 0 Å². The lowest BCUT2D eigenvalue weighted by Crippen LogP contribution is -2.07. The third kappa shape index (κ3) is 4.87. The average molecular weight is 732 g/mol. The second-order valence-electron chi connectivity index (χ2n) is 14.7. The molecule has 0 N–H and O–H groups in total. The van der Waals surface area contributed by atoms with E-state index in [9.17, 15) is 0 Å². The summed E-state index contributed by atoms with van der Waals surface area (Å²) in [5, 5.41) is 6.83. The quantitative estimate of drug-likeness (QED) is 0.177. The highest BCUT2D eigenvalue weighted by atomic mass is 16.3. The van der Waals surface area contributed by atoms with E-state index >= 15 is 0 Å². The Kier molecular flexibility index (Phi) is 6.95. The van der Waals surface area contributed by atoms with E-state index in [-0.39, 0.29) is 5.92 Å². The molecular formula is C51H33N5O. The number of aromatic nitrogens is 5. The fraction of sp³-hybridized carbons (Fsp3) is 0.0392. The first-order valence-corrected chi connectivity index (χ1v) is 19.4. The van der Waals surface area contributed by atoms with E-state index in [2.05, 4.69) is 161 Å². The van der Waals surface area contributed by atoms with E-state index in [0.29, 0.717) is 11.6 Å². The minimum atomic E-state index is 0.0634. The first-order valence-electron chi connectivity index (χ1n) is 19.4. The minimum absolute atomic E-state index is 0.0634. The summed E-state index contributed by atoms with van der Waals surface area (Å²) in [5.74, 6) is 2.12. The lowest BCUT2D eigenvalue weighted by atomic mass is 9.99. The average Bonchev–Trinajstić information content (AvgIpc) is 3.94. The molecule has 1 aliphatic rings. The molecule has 11 aromatic rings. The highest BCUT2D eigenvalue weighted by Crippen LogP contribution is 2.43. The summed E-state index contributed by atoms with van der Waals surface area (Å²) < 4.78 is 11.7. The van der Waals surface area contributed by atoms with Crippen LogP contribution in [0.2, 0.25) is 0 Å². The number of fused-ring (bicyclic) bond motifs is 9. The van der Waals surface area contributed by atoms with Crippen molar-refractivity contribution < 1.29 is 4.42 Å². The number of benzene rings is 7. The van der Waals surface area contributed by atoms with Crippen molar-refractivity contribution in [2.24, 2.45) is 0 Å². The molecule has 0 amide bonds. The van der Waals surface area contributed by atoms with Crippen LogP contribution >= 0.6 is 0 Å². The molecule has 0 saturated carbocycles. The smallest absolute Gasteiger partial charge is 0.164 e. The van der Waals surface area contributed by atoms with Crippen molar-refractivity contribution in [2.75, 3.05) is 0 Å². The molecule has 7 aromatic carbocycles. The number of nitrogens with zero attached hydrogens (tertiary/aromatic N) is 5. The van der Waals surface area contributed by atoms with Gasteiger partial charge in [0.05, 0.1) is 27.8 Å². The fourth-order valence-electron chi connectivity index (χ4n) is 8.91. The molecule has 6 heteroatoms. The Balaban J connectivity index is 1.12. The Labute approximate surface area is 327 Å². The summed E-state index contributed by atoms with van der Waals surface area (Å²) in [6.45, 7) is 0. The number of hydrogen-bond donors (Lipinski definition) is 0. The fourth-order valence-corrected chi connectivity index (χ4v) is 8.91. The van der Waals surface area contributed by atoms with Crippen molar-refractivity contribution in [3.8, 4) is 34.2 Å². The third-order valence-electron chi connectivity index (χ3n) is 11.5. The zero-order valence-corrected chi connectivity index (χ0v) is 30.7. The highest BCUT2D eigenvalue weighted by molar-refractivity contribution is 6.20. The van der Waals surface area contributed by atoms with Gasteiger partial charge in [-0.05, 0) is 55.0 Å². The maximum atomic E-state index is 6.94. The summed E-state index contributed by atoms with van der Waals surface area (Å²) in [4.78, 5) is 15.3. The molecule has 0 spiro atoms. The van der Waals surface area contributed by atoms with Gasteiger partial charge in [0.1, 0.15) is 11.4 Å². The van der Waals surface area contributed by atoms with Gasteiger partial charge in [-0.3, -0.25) is 0 Å². The Morgan fingerprint density at radius 3 is 1.95 bits per heavy atom. The van der Waals surface area contributed by atoms with Crippen molar-refractivity contribution in [3.63, 3.8) is 0 Å². The molecule has 0 fully saturated rings. The number of hydrogen-bond acceptors (Lipinski definition) is 4. The van der Waals surface area contributed by atoms with Gasteiger partial charge in [-0.15, -0.1) is 0 Å². The van der Waals surface area contributed by atoms with Crippen LogP contribution in [-0.4, -0.2) is 24.1 Å². The normalized spacial score (nSPS) is 14.3. The molecule has 0 aliphatic heterocycles. The van der Waals surface area contributed by atoms with E-state index in [0.717, 1.165) is 73.2 Å². The van der Waals surface area contributed by atoms with Crippen LogP contribution in [-0.2, 0) is 0 Å². The number of rotatable bonds is 5. The lowest BCUT2D eigenvalue weighted by molar-refractivity contribution is 0.666. The van der Waals surface area contributed by atoms with Gasteiger partial charge in [0.2, 0.25) is 0 Å². The molecule has 268 valence electrons. The Hall–Kier alpha value is -7.57. The highest BCUT2D eigenvalue weighted by Gasteiger charge is 2.24. The predicted octanol–water partition coefficient (Wildman–Crippen LogP) is 12.9. The van der Waals surface area contributed by atoms with Crippen LogP contribution in [0.15, 0.2) is 186 Å².